The molecule has 1 rings (SSSR count). The number of ether oxygens (including phenoxy) is 1. The van der Waals surface area contributed by atoms with E-state index >= 15 is 0 Å². The van der Waals surface area contributed by atoms with Crippen LogP contribution in [0.15, 0.2) is 6.20 Å². The molecule has 0 aliphatic heterocycles. The highest BCUT2D eigenvalue weighted by atomic mass is 16.5. The highest BCUT2D eigenvalue weighted by Gasteiger charge is 1.98. The van der Waals surface area contributed by atoms with Crippen LogP contribution in [0.4, 0.5) is 0 Å². The molecule has 1 aromatic rings. The maximum atomic E-state index is 5.32. The molecule has 0 aromatic carbocycles. The second-order valence-electron chi connectivity index (χ2n) is 3.08. The molecule has 0 saturated carbocycles. The van der Waals surface area contributed by atoms with Crippen LogP contribution in [0.3, 0.4) is 0 Å². The van der Waals surface area contributed by atoms with Gasteiger partial charge in [-0.25, -0.2) is 4.98 Å². The van der Waals surface area contributed by atoms with Crippen LogP contribution in [0.1, 0.15) is 21.0 Å². The van der Waals surface area contributed by atoms with Crippen molar-refractivity contribution in [2.75, 3.05) is 6.61 Å². The van der Waals surface area contributed by atoms with Crippen LogP contribution in [0, 0.1) is 12.8 Å². The van der Waals surface area contributed by atoms with Gasteiger partial charge in [0.2, 0.25) is 0 Å². The van der Waals surface area contributed by atoms with Crippen molar-refractivity contribution in [1.29, 1.82) is 0 Å². The van der Waals surface area contributed by atoms with Gasteiger partial charge in [0.25, 0.3) is 6.01 Å². The number of aromatic amines is 1. The zero-order valence-electron chi connectivity index (χ0n) is 7.22. The van der Waals surface area contributed by atoms with Crippen molar-refractivity contribution in [3.8, 4) is 6.01 Å². The van der Waals surface area contributed by atoms with Crippen LogP contribution in [0.5, 0.6) is 6.01 Å². The summed E-state index contributed by atoms with van der Waals surface area (Å²) in [5.41, 5.74) is 1.03. The summed E-state index contributed by atoms with van der Waals surface area (Å²) in [6.07, 6.45) is 1.76. The van der Waals surface area contributed by atoms with Gasteiger partial charge in [0, 0.05) is 7.12 Å². The lowest BCUT2D eigenvalue weighted by Crippen LogP contribution is -2.05. The zero-order chi connectivity index (χ0) is 8.27. The van der Waals surface area contributed by atoms with Gasteiger partial charge >= 0.3 is 0 Å². The SMILES string of the molecule is Cc1cnc(OCC(C)C)[nH]1.[HH]. The molecule has 0 radical (unpaired) electrons. The first-order valence-electron chi connectivity index (χ1n) is 3.83. The molecule has 1 heterocycles. The number of H-pyrrole nitrogens is 1. The molecule has 3 nitrogen and oxygen atoms in total. The Morgan fingerprint density at radius 1 is 1.73 bits per heavy atom. The molecule has 0 atom stereocenters. The first kappa shape index (κ1) is 8.11. The van der Waals surface area contributed by atoms with Crippen molar-refractivity contribution >= 4 is 0 Å². The predicted octanol–water partition coefficient (Wildman–Crippen LogP) is 2.00. The van der Waals surface area contributed by atoms with Crippen LogP contribution in [0.2, 0.25) is 0 Å². The van der Waals surface area contributed by atoms with Gasteiger partial charge in [0.15, 0.2) is 0 Å². The summed E-state index contributed by atoms with van der Waals surface area (Å²) < 4.78 is 5.32. The first-order chi connectivity index (χ1) is 5.18. The van der Waals surface area contributed by atoms with Gasteiger partial charge in [-0.1, -0.05) is 13.8 Å². The molecule has 0 bridgehead atoms. The number of nitrogens with zero attached hydrogens (tertiary/aromatic N) is 1. The Morgan fingerprint density at radius 3 is 2.91 bits per heavy atom. The van der Waals surface area contributed by atoms with Crippen molar-refractivity contribution in [3.63, 3.8) is 0 Å². The number of nitrogens with one attached hydrogen (secondary N) is 1. The smallest absolute Gasteiger partial charge is 0.293 e. The number of imidazole rings is 1. The molecule has 11 heavy (non-hydrogen) atoms. The Balaban J connectivity index is 0.00000121. The molecule has 1 N–H and O–H groups in total. The van der Waals surface area contributed by atoms with Gasteiger partial charge in [-0.15, -0.1) is 0 Å². The second-order valence-corrected chi connectivity index (χ2v) is 3.08. The fraction of sp³-hybridized carbons (Fsp3) is 0.625. The van der Waals surface area contributed by atoms with Crippen molar-refractivity contribution < 1.29 is 6.16 Å². The Hall–Kier alpha value is -0.990. The molecule has 0 aliphatic rings. The Labute approximate surface area is 68.3 Å². The summed E-state index contributed by atoms with van der Waals surface area (Å²) in [6, 6.07) is 0.621. The number of aryl methyl sites for hydroxylation is 1. The summed E-state index contributed by atoms with van der Waals surface area (Å²) in [4.78, 5) is 7.01. The van der Waals surface area contributed by atoms with Crippen LogP contribution in [-0.4, -0.2) is 16.6 Å². The van der Waals surface area contributed by atoms with Gasteiger partial charge in [-0.2, -0.15) is 0 Å². The van der Waals surface area contributed by atoms with E-state index in [-0.39, 0.29) is 1.43 Å². The third-order valence-electron chi connectivity index (χ3n) is 1.23. The number of rotatable bonds is 3. The van der Waals surface area contributed by atoms with Crippen LogP contribution < -0.4 is 4.74 Å². The molecule has 64 valence electrons. The molecule has 0 saturated heterocycles. The molecule has 3 heteroatoms. The fourth-order valence-corrected chi connectivity index (χ4v) is 0.708. The van der Waals surface area contributed by atoms with Crippen LogP contribution in [0.25, 0.3) is 0 Å². The van der Waals surface area contributed by atoms with Crippen molar-refractivity contribution in [2.45, 2.75) is 20.8 Å². The lowest BCUT2D eigenvalue weighted by Gasteiger charge is -2.03. The predicted molar refractivity (Wildman–Crippen MR) is 45.8 cm³/mol. The van der Waals surface area contributed by atoms with E-state index in [2.05, 4.69) is 23.8 Å². The third-order valence-corrected chi connectivity index (χ3v) is 1.23. The van der Waals surface area contributed by atoms with Crippen molar-refractivity contribution in [3.05, 3.63) is 11.9 Å². The fourth-order valence-electron chi connectivity index (χ4n) is 0.708. The molecule has 1 aromatic heterocycles. The van der Waals surface area contributed by atoms with E-state index in [1.54, 1.807) is 6.20 Å². The lowest BCUT2D eigenvalue weighted by molar-refractivity contribution is 0.253. The molecular weight excluding hydrogens is 140 g/mol. The van der Waals surface area contributed by atoms with Gasteiger partial charge in [-0.3, -0.25) is 0 Å². The third kappa shape index (κ3) is 2.62. The van der Waals surface area contributed by atoms with E-state index < -0.39 is 0 Å². The quantitative estimate of drug-likeness (QED) is 0.726. The van der Waals surface area contributed by atoms with Gasteiger partial charge in [0.1, 0.15) is 0 Å². The first-order valence-corrected chi connectivity index (χ1v) is 3.83. The highest BCUT2D eigenvalue weighted by molar-refractivity contribution is 5.02. The molecular formula is C8H16N2O. The van der Waals surface area contributed by atoms with Crippen LogP contribution >= 0.6 is 0 Å². The Morgan fingerprint density at radius 2 is 2.45 bits per heavy atom. The zero-order valence-corrected chi connectivity index (χ0v) is 7.22. The molecule has 0 aliphatic carbocycles. The van der Waals surface area contributed by atoms with Crippen molar-refractivity contribution in [2.24, 2.45) is 5.92 Å². The molecule has 0 fully saturated rings. The van der Waals surface area contributed by atoms with Gasteiger partial charge < -0.3 is 9.72 Å². The van der Waals surface area contributed by atoms with Gasteiger partial charge in [-0.05, 0) is 12.8 Å². The maximum absolute atomic E-state index is 5.32. The lowest BCUT2D eigenvalue weighted by atomic mass is 10.2. The van der Waals surface area contributed by atoms with E-state index in [9.17, 15) is 0 Å². The summed E-state index contributed by atoms with van der Waals surface area (Å²) >= 11 is 0. The monoisotopic (exact) mass is 156 g/mol. The summed E-state index contributed by atoms with van der Waals surface area (Å²) in [7, 11) is 0. The van der Waals surface area contributed by atoms with E-state index in [4.69, 9.17) is 4.74 Å². The summed E-state index contributed by atoms with van der Waals surface area (Å²) in [6.45, 7) is 6.88. The second kappa shape index (κ2) is 3.42. The normalized spacial score (nSPS) is 10.5. The Bertz CT molecular complexity index is 223. The topological polar surface area (TPSA) is 37.9 Å². The Kier molecular flexibility index (Phi) is 2.52. The number of hydrogen-bond acceptors (Lipinski definition) is 2. The van der Waals surface area contributed by atoms with Gasteiger partial charge in [0.05, 0.1) is 12.8 Å². The standard InChI is InChI=1S/C8H14N2O.H2/c1-6(2)5-11-8-9-4-7(3)10-8;/h4,6H,5H2,1-3H3,(H,9,10);1H. The van der Waals surface area contributed by atoms with E-state index in [0.29, 0.717) is 18.5 Å². The largest absolute Gasteiger partial charge is 0.465 e. The molecule has 0 spiro atoms. The number of hydrogen-bond donors (Lipinski definition) is 1. The van der Waals surface area contributed by atoms with Crippen molar-refractivity contribution in [1.82, 2.24) is 9.97 Å². The minimum atomic E-state index is 0. The minimum Gasteiger partial charge on any atom is -0.465 e. The van der Waals surface area contributed by atoms with Crippen LogP contribution in [-0.2, 0) is 0 Å². The summed E-state index contributed by atoms with van der Waals surface area (Å²) in [5.74, 6) is 0.542. The average molecular weight is 156 g/mol. The molecule has 0 unspecified atom stereocenters. The minimum absolute atomic E-state index is 0. The number of aromatic nitrogens is 2. The maximum Gasteiger partial charge on any atom is 0.293 e. The average Bonchev–Trinajstić information content (AvgIpc) is 2.31. The van der Waals surface area contributed by atoms with E-state index in [1.807, 2.05) is 6.92 Å². The summed E-state index contributed by atoms with van der Waals surface area (Å²) in [5, 5.41) is 0. The van der Waals surface area contributed by atoms with E-state index in [0.717, 1.165) is 5.69 Å². The highest BCUT2D eigenvalue weighted by Crippen LogP contribution is 2.04. The van der Waals surface area contributed by atoms with E-state index in [1.165, 1.54) is 0 Å². The molecule has 0 amide bonds.